The summed E-state index contributed by atoms with van der Waals surface area (Å²) in [5.41, 5.74) is 3.45. The minimum Gasteiger partial charge on any atom is -0.396 e. The molecule has 0 aromatic carbocycles. The number of aliphatic hydroxyl groups is 2. The van der Waals surface area contributed by atoms with Crippen LogP contribution in [0.1, 0.15) is 42.6 Å². The van der Waals surface area contributed by atoms with Gasteiger partial charge in [0.1, 0.15) is 0 Å². The molecule has 3 N–H and O–H groups in total. The van der Waals surface area contributed by atoms with Crippen LogP contribution in [0, 0.1) is 19.8 Å². The predicted octanol–water partition coefficient (Wildman–Crippen LogP) is 1.13. The van der Waals surface area contributed by atoms with Crippen LogP contribution in [-0.4, -0.2) is 39.2 Å². The molecule has 114 valence electrons. The largest absolute Gasteiger partial charge is 0.396 e. The Bertz CT molecular complexity index is 423. The Morgan fingerprint density at radius 2 is 1.90 bits per heavy atom. The van der Waals surface area contributed by atoms with Crippen molar-refractivity contribution in [2.45, 2.75) is 58.7 Å². The van der Waals surface area contributed by atoms with Gasteiger partial charge in [-0.25, -0.2) is 0 Å². The van der Waals surface area contributed by atoms with Crippen molar-refractivity contribution in [3.05, 3.63) is 17.0 Å². The SMILES string of the molecule is Cc1nn(CCO)c(C)c1CNC1CCC(CO)CC1. The quantitative estimate of drug-likeness (QED) is 0.731. The second-order valence-electron chi connectivity index (χ2n) is 5.88. The molecule has 0 amide bonds. The molecule has 0 unspecified atom stereocenters. The first kappa shape index (κ1) is 15.5. The van der Waals surface area contributed by atoms with Crippen molar-refractivity contribution in [1.82, 2.24) is 15.1 Å². The predicted molar refractivity (Wildman–Crippen MR) is 78.5 cm³/mol. The molecular formula is C15H27N3O2. The fourth-order valence-corrected chi connectivity index (χ4v) is 3.10. The Labute approximate surface area is 121 Å². The molecule has 5 heteroatoms. The van der Waals surface area contributed by atoms with Gasteiger partial charge in [0.15, 0.2) is 0 Å². The summed E-state index contributed by atoms with van der Waals surface area (Å²) in [6.45, 7) is 5.96. The van der Waals surface area contributed by atoms with Gasteiger partial charge in [-0.3, -0.25) is 4.68 Å². The zero-order chi connectivity index (χ0) is 14.5. The molecule has 1 aliphatic carbocycles. The molecule has 0 spiro atoms. The van der Waals surface area contributed by atoms with Crippen molar-refractivity contribution >= 4 is 0 Å². The Morgan fingerprint density at radius 1 is 1.20 bits per heavy atom. The minimum atomic E-state index is 0.125. The Balaban J connectivity index is 1.88. The zero-order valence-corrected chi connectivity index (χ0v) is 12.6. The van der Waals surface area contributed by atoms with Gasteiger partial charge in [0.2, 0.25) is 0 Å². The van der Waals surface area contributed by atoms with Gasteiger partial charge in [0, 0.05) is 30.5 Å². The van der Waals surface area contributed by atoms with E-state index in [2.05, 4.69) is 17.3 Å². The zero-order valence-electron chi connectivity index (χ0n) is 12.6. The maximum atomic E-state index is 9.16. The molecule has 0 atom stereocenters. The van der Waals surface area contributed by atoms with Gasteiger partial charge >= 0.3 is 0 Å². The van der Waals surface area contributed by atoms with E-state index in [1.54, 1.807) is 0 Å². The Kier molecular flexibility index (Phi) is 5.57. The lowest BCUT2D eigenvalue weighted by atomic mass is 9.86. The summed E-state index contributed by atoms with van der Waals surface area (Å²) in [4.78, 5) is 0. The monoisotopic (exact) mass is 281 g/mol. The molecule has 5 nitrogen and oxygen atoms in total. The summed E-state index contributed by atoms with van der Waals surface area (Å²) in [6.07, 6.45) is 4.54. The highest BCUT2D eigenvalue weighted by atomic mass is 16.3. The summed E-state index contributed by atoms with van der Waals surface area (Å²) in [5, 5.41) is 26.3. The normalized spacial score (nSPS) is 23.2. The van der Waals surface area contributed by atoms with E-state index in [-0.39, 0.29) is 6.61 Å². The van der Waals surface area contributed by atoms with Crippen LogP contribution < -0.4 is 5.32 Å². The average molecular weight is 281 g/mol. The fourth-order valence-electron chi connectivity index (χ4n) is 3.10. The highest BCUT2D eigenvalue weighted by Crippen LogP contribution is 2.24. The van der Waals surface area contributed by atoms with Crippen LogP contribution in [0.5, 0.6) is 0 Å². The third kappa shape index (κ3) is 3.59. The summed E-state index contributed by atoms with van der Waals surface area (Å²) in [5.74, 6) is 0.504. The van der Waals surface area contributed by atoms with Gasteiger partial charge in [0.05, 0.1) is 18.8 Å². The van der Waals surface area contributed by atoms with Gasteiger partial charge in [0.25, 0.3) is 0 Å². The van der Waals surface area contributed by atoms with Crippen molar-refractivity contribution in [2.75, 3.05) is 13.2 Å². The molecule has 1 fully saturated rings. The number of hydrogen-bond acceptors (Lipinski definition) is 4. The standard InChI is InChI=1S/C15H27N3O2/c1-11-15(12(2)18(17-11)7-8-19)9-16-14-5-3-13(10-20)4-6-14/h13-14,16,19-20H,3-10H2,1-2H3. The lowest BCUT2D eigenvalue weighted by Crippen LogP contribution is -2.33. The first-order valence-corrected chi connectivity index (χ1v) is 7.63. The van der Waals surface area contributed by atoms with Crippen LogP contribution in [0.3, 0.4) is 0 Å². The van der Waals surface area contributed by atoms with E-state index < -0.39 is 0 Å². The molecule has 1 aromatic rings. The molecule has 1 aliphatic rings. The minimum absolute atomic E-state index is 0.125. The number of aryl methyl sites for hydroxylation is 1. The van der Waals surface area contributed by atoms with Gasteiger partial charge in [-0.15, -0.1) is 0 Å². The first-order chi connectivity index (χ1) is 9.65. The highest BCUT2D eigenvalue weighted by Gasteiger charge is 2.21. The molecule has 1 heterocycles. The van der Waals surface area contributed by atoms with E-state index in [0.717, 1.165) is 43.6 Å². The number of aliphatic hydroxyl groups excluding tert-OH is 2. The average Bonchev–Trinajstić information content (AvgIpc) is 2.72. The molecule has 0 aliphatic heterocycles. The summed E-state index contributed by atoms with van der Waals surface area (Å²) in [6, 6.07) is 0.554. The highest BCUT2D eigenvalue weighted by molar-refractivity contribution is 5.24. The van der Waals surface area contributed by atoms with E-state index >= 15 is 0 Å². The lowest BCUT2D eigenvalue weighted by Gasteiger charge is -2.28. The van der Waals surface area contributed by atoms with E-state index in [0.29, 0.717) is 25.1 Å². The smallest absolute Gasteiger partial charge is 0.0644 e. The van der Waals surface area contributed by atoms with Crippen LogP contribution in [0.4, 0.5) is 0 Å². The van der Waals surface area contributed by atoms with E-state index in [4.69, 9.17) is 10.2 Å². The summed E-state index contributed by atoms with van der Waals surface area (Å²) in [7, 11) is 0. The van der Waals surface area contributed by atoms with Crippen LogP contribution in [-0.2, 0) is 13.1 Å². The van der Waals surface area contributed by atoms with Crippen LogP contribution in [0.2, 0.25) is 0 Å². The van der Waals surface area contributed by atoms with Gasteiger partial charge < -0.3 is 15.5 Å². The molecular weight excluding hydrogens is 254 g/mol. The fraction of sp³-hybridized carbons (Fsp3) is 0.800. The van der Waals surface area contributed by atoms with Crippen molar-refractivity contribution in [1.29, 1.82) is 0 Å². The number of nitrogens with one attached hydrogen (secondary N) is 1. The maximum absolute atomic E-state index is 9.16. The summed E-state index contributed by atoms with van der Waals surface area (Å²) < 4.78 is 1.88. The molecule has 0 saturated heterocycles. The third-order valence-corrected chi connectivity index (χ3v) is 4.52. The summed E-state index contributed by atoms with van der Waals surface area (Å²) >= 11 is 0. The van der Waals surface area contributed by atoms with Gasteiger partial charge in [-0.1, -0.05) is 0 Å². The van der Waals surface area contributed by atoms with Gasteiger partial charge in [-0.05, 0) is 45.4 Å². The molecule has 1 saturated carbocycles. The number of nitrogens with zero attached hydrogens (tertiary/aromatic N) is 2. The van der Waals surface area contributed by atoms with E-state index in [1.807, 2.05) is 11.6 Å². The molecule has 0 radical (unpaired) electrons. The number of hydrogen-bond donors (Lipinski definition) is 3. The van der Waals surface area contributed by atoms with Crippen LogP contribution >= 0.6 is 0 Å². The second kappa shape index (κ2) is 7.20. The topological polar surface area (TPSA) is 70.3 Å². The third-order valence-electron chi connectivity index (χ3n) is 4.52. The number of rotatable bonds is 6. The second-order valence-corrected chi connectivity index (χ2v) is 5.88. The van der Waals surface area contributed by atoms with Crippen molar-refractivity contribution in [3.8, 4) is 0 Å². The molecule has 2 rings (SSSR count). The lowest BCUT2D eigenvalue weighted by molar-refractivity contribution is 0.175. The van der Waals surface area contributed by atoms with Crippen LogP contribution in [0.15, 0.2) is 0 Å². The van der Waals surface area contributed by atoms with Crippen LogP contribution in [0.25, 0.3) is 0 Å². The molecule has 20 heavy (non-hydrogen) atoms. The van der Waals surface area contributed by atoms with Crippen molar-refractivity contribution < 1.29 is 10.2 Å². The Morgan fingerprint density at radius 3 is 2.50 bits per heavy atom. The maximum Gasteiger partial charge on any atom is 0.0644 e. The van der Waals surface area contributed by atoms with Crippen molar-refractivity contribution in [2.24, 2.45) is 5.92 Å². The molecule has 1 aromatic heterocycles. The first-order valence-electron chi connectivity index (χ1n) is 7.63. The van der Waals surface area contributed by atoms with E-state index in [9.17, 15) is 0 Å². The number of aromatic nitrogens is 2. The van der Waals surface area contributed by atoms with Gasteiger partial charge in [-0.2, -0.15) is 5.10 Å². The van der Waals surface area contributed by atoms with Crippen molar-refractivity contribution in [3.63, 3.8) is 0 Å². The van der Waals surface area contributed by atoms with E-state index in [1.165, 1.54) is 5.56 Å². The molecule has 0 bridgehead atoms. The Hall–Kier alpha value is -0.910.